The Hall–Kier alpha value is -1.06. The van der Waals surface area contributed by atoms with Gasteiger partial charge in [-0.3, -0.25) is 0 Å². The Labute approximate surface area is 110 Å². The number of methoxy groups -OCH3 is 1. The standard InChI is InChI=1S/C15H25NO2/c1-12-7-8-14(13(2)16-3)15(11-12)18-10-6-5-9-17-4/h7-8,11,13,16H,5-6,9-10H2,1-4H3. The van der Waals surface area contributed by atoms with E-state index in [1.54, 1.807) is 7.11 Å². The number of hydrogen-bond acceptors (Lipinski definition) is 3. The molecule has 0 amide bonds. The lowest BCUT2D eigenvalue weighted by molar-refractivity contribution is 0.184. The number of unbranched alkanes of at least 4 members (excludes halogenated alkanes) is 1. The minimum Gasteiger partial charge on any atom is -0.493 e. The van der Waals surface area contributed by atoms with E-state index in [4.69, 9.17) is 9.47 Å². The number of ether oxygens (including phenoxy) is 2. The van der Waals surface area contributed by atoms with Crippen molar-refractivity contribution in [2.45, 2.75) is 32.7 Å². The lowest BCUT2D eigenvalue weighted by Gasteiger charge is -2.17. The minimum atomic E-state index is 0.305. The van der Waals surface area contributed by atoms with Gasteiger partial charge in [-0.15, -0.1) is 0 Å². The zero-order valence-electron chi connectivity index (χ0n) is 12.0. The third-order valence-corrected chi connectivity index (χ3v) is 3.07. The van der Waals surface area contributed by atoms with Crippen LogP contribution >= 0.6 is 0 Å². The first-order chi connectivity index (χ1) is 8.69. The highest BCUT2D eigenvalue weighted by atomic mass is 16.5. The zero-order valence-corrected chi connectivity index (χ0v) is 12.0. The van der Waals surface area contributed by atoms with Crippen LogP contribution in [0.4, 0.5) is 0 Å². The van der Waals surface area contributed by atoms with E-state index >= 15 is 0 Å². The van der Waals surface area contributed by atoms with Crippen LogP contribution < -0.4 is 10.1 Å². The van der Waals surface area contributed by atoms with Gasteiger partial charge in [-0.05, 0) is 45.4 Å². The molecule has 1 atom stereocenters. The van der Waals surface area contributed by atoms with Crippen molar-refractivity contribution in [1.29, 1.82) is 0 Å². The van der Waals surface area contributed by atoms with Crippen molar-refractivity contribution >= 4 is 0 Å². The largest absolute Gasteiger partial charge is 0.493 e. The van der Waals surface area contributed by atoms with E-state index in [1.165, 1.54) is 11.1 Å². The van der Waals surface area contributed by atoms with Crippen molar-refractivity contribution in [3.8, 4) is 5.75 Å². The monoisotopic (exact) mass is 251 g/mol. The van der Waals surface area contributed by atoms with Gasteiger partial charge in [0, 0.05) is 25.3 Å². The van der Waals surface area contributed by atoms with E-state index in [0.717, 1.165) is 31.8 Å². The first-order valence-corrected chi connectivity index (χ1v) is 6.58. The molecule has 1 aromatic rings. The Bertz CT molecular complexity index is 352. The molecule has 0 heterocycles. The fourth-order valence-corrected chi connectivity index (χ4v) is 1.81. The van der Waals surface area contributed by atoms with Gasteiger partial charge >= 0.3 is 0 Å². The number of aryl methyl sites for hydroxylation is 1. The molecular formula is C15H25NO2. The van der Waals surface area contributed by atoms with E-state index in [2.05, 4.69) is 37.4 Å². The second-order valence-electron chi connectivity index (χ2n) is 4.60. The predicted octanol–water partition coefficient (Wildman–Crippen LogP) is 3.08. The number of hydrogen-bond donors (Lipinski definition) is 1. The van der Waals surface area contributed by atoms with Crippen molar-refractivity contribution in [3.05, 3.63) is 29.3 Å². The molecule has 0 aliphatic rings. The zero-order chi connectivity index (χ0) is 13.4. The summed E-state index contributed by atoms with van der Waals surface area (Å²) in [4.78, 5) is 0. The van der Waals surface area contributed by atoms with Gasteiger partial charge in [-0.1, -0.05) is 12.1 Å². The fourth-order valence-electron chi connectivity index (χ4n) is 1.81. The summed E-state index contributed by atoms with van der Waals surface area (Å²) < 4.78 is 10.9. The van der Waals surface area contributed by atoms with Gasteiger partial charge in [0.2, 0.25) is 0 Å². The fraction of sp³-hybridized carbons (Fsp3) is 0.600. The molecule has 3 heteroatoms. The van der Waals surface area contributed by atoms with Gasteiger partial charge in [0.15, 0.2) is 0 Å². The maximum absolute atomic E-state index is 5.89. The molecule has 0 fully saturated rings. The molecule has 18 heavy (non-hydrogen) atoms. The van der Waals surface area contributed by atoms with Crippen molar-refractivity contribution < 1.29 is 9.47 Å². The lowest BCUT2D eigenvalue weighted by atomic mass is 10.1. The van der Waals surface area contributed by atoms with Gasteiger partial charge in [-0.2, -0.15) is 0 Å². The molecule has 0 aromatic heterocycles. The molecule has 0 bridgehead atoms. The molecule has 1 N–H and O–H groups in total. The third kappa shape index (κ3) is 4.67. The van der Waals surface area contributed by atoms with Gasteiger partial charge in [-0.25, -0.2) is 0 Å². The van der Waals surface area contributed by atoms with E-state index in [-0.39, 0.29) is 0 Å². The van der Waals surface area contributed by atoms with Crippen LogP contribution in [-0.4, -0.2) is 27.4 Å². The average Bonchev–Trinajstić information content (AvgIpc) is 2.38. The molecule has 3 nitrogen and oxygen atoms in total. The number of benzene rings is 1. The van der Waals surface area contributed by atoms with E-state index in [0.29, 0.717) is 6.04 Å². The molecule has 1 aromatic carbocycles. The SMILES string of the molecule is CNC(C)c1ccc(C)cc1OCCCCOC. The summed E-state index contributed by atoms with van der Waals surface area (Å²) >= 11 is 0. The Kier molecular flexibility index (Phi) is 6.76. The molecule has 0 spiro atoms. The van der Waals surface area contributed by atoms with Crippen molar-refractivity contribution in [3.63, 3.8) is 0 Å². The quantitative estimate of drug-likeness (QED) is 0.720. The van der Waals surface area contributed by atoms with E-state index < -0.39 is 0 Å². The molecule has 1 rings (SSSR count). The lowest BCUT2D eigenvalue weighted by Crippen LogP contribution is -2.14. The van der Waals surface area contributed by atoms with Crippen molar-refractivity contribution in [2.24, 2.45) is 0 Å². The van der Waals surface area contributed by atoms with Crippen LogP contribution in [-0.2, 0) is 4.74 Å². The minimum absolute atomic E-state index is 0.305. The van der Waals surface area contributed by atoms with Crippen molar-refractivity contribution in [1.82, 2.24) is 5.32 Å². The topological polar surface area (TPSA) is 30.5 Å². The summed E-state index contributed by atoms with van der Waals surface area (Å²) in [6.45, 7) is 5.78. The Morgan fingerprint density at radius 1 is 1.22 bits per heavy atom. The predicted molar refractivity (Wildman–Crippen MR) is 75.3 cm³/mol. The first kappa shape index (κ1) is 15.0. The molecule has 0 saturated carbocycles. The maximum atomic E-state index is 5.89. The summed E-state index contributed by atoms with van der Waals surface area (Å²) in [6, 6.07) is 6.68. The highest BCUT2D eigenvalue weighted by Gasteiger charge is 2.09. The van der Waals surface area contributed by atoms with Crippen LogP contribution in [0.25, 0.3) is 0 Å². The Morgan fingerprint density at radius 3 is 2.61 bits per heavy atom. The van der Waals surface area contributed by atoms with Gasteiger partial charge < -0.3 is 14.8 Å². The maximum Gasteiger partial charge on any atom is 0.124 e. The summed E-state index contributed by atoms with van der Waals surface area (Å²) in [6.07, 6.45) is 2.06. The normalized spacial score (nSPS) is 12.4. The van der Waals surface area contributed by atoms with Crippen LogP contribution in [0, 0.1) is 6.92 Å². The average molecular weight is 251 g/mol. The molecule has 0 saturated heterocycles. The summed E-state index contributed by atoms with van der Waals surface area (Å²) in [5, 5.41) is 3.25. The Morgan fingerprint density at radius 2 is 1.94 bits per heavy atom. The second kappa shape index (κ2) is 8.11. The number of rotatable bonds is 8. The summed E-state index contributed by atoms with van der Waals surface area (Å²) in [7, 11) is 3.70. The van der Waals surface area contributed by atoms with Gasteiger partial charge in [0.25, 0.3) is 0 Å². The molecule has 1 unspecified atom stereocenters. The third-order valence-electron chi connectivity index (χ3n) is 3.07. The van der Waals surface area contributed by atoms with Crippen LogP contribution in [0.15, 0.2) is 18.2 Å². The van der Waals surface area contributed by atoms with E-state index in [1.807, 2.05) is 7.05 Å². The molecule has 102 valence electrons. The molecular weight excluding hydrogens is 226 g/mol. The van der Waals surface area contributed by atoms with Crippen molar-refractivity contribution in [2.75, 3.05) is 27.4 Å². The van der Waals surface area contributed by atoms with Crippen LogP contribution in [0.5, 0.6) is 5.75 Å². The Balaban J connectivity index is 2.59. The van der Waals surface area contributed by atoms with E-state index in [9.17, 15) is 0 Å². The molecule has 0 radical (unpaired) electrons. The first-order valence-electron chi connectivity index (χ1n) is 6.58. The van der Waals surface area contributed by atoms with Gasteiger partial charge in [0.1, 0.15) is 5.75 Å². The molecule has 0 aliphatic carbocycles. The smallest absolute Gasteiger partial charge is 0.124 e. The highest BCUT2D eigenvalue weighted by molar-refractivity contribution is 5.39. The van der Waals surface area contributed by atoms with Crippen LogP contribution in [0.3, 0.4) is 0 Å². The summed E-state index contributed by atoms with van der Waals surface area (Å²) in [5.41, 5.74) is 2.45. The van der Waals surface area contributed by atoms with Crippen LogP contribution in [0.1, 0.15) is 36.9 Å². The highest BCUT2D eigenvalue weighted by Crippen LogP contribution is 2.26. The summed E-state index contributed by atoms with van der Waals surface area (Å²) in [5.74, 6) is 0.995. The van der Waals surface area contributed by atoms with Gasteiger partial charge in [0.05, 0.1) is 6.61 Å². The molecule has 0 aliphatic heterocycles. The second-order valence-corrected chi connectivity index (χ2v) is 4.60. The number of nitrogens with one attached hydrogen (secondary N) is 1. The van der Waals surface area contributed by atoms with Crippen LogP contribution in [0.2, 0.25) is 0 Å².